The van der Waals surface area contributed by atoms with E-state index in [0.29, 0.717) is 34.7 Å². The number of aromatic nitrogens is 2. The maximum absolute atomic E-state index is 6.27. The maximum Gasteiger partial charge on any atom is 0.161 e. The van der Waals surface area contributed by atoms with Gasteiger partial charge in [0, 0.05) is 22.4 Å². The van der Waals surface area contributed by atoms with Gasteiger partial charge in [-0.25, -0.2) is 4.98 Å². The van der Waals surface area contributed by atoms with Gasteiger partial charge < -0.3 is 18.8 Å². The van der Waals surface area contributed by atoms with E-state index >= 15 is 0 Å². The standard InChI is InChI=1S/C20H20Cl2N2O3/c1-25-18-6-4-14(9-19(18)26-2)20(11-24-8-7-23-13-24)27-12-15-3-5-16(21)10-17(15)22/h3-10,13,20H,11-12H2,1-2H3. The highest BCUT2D eigenvalue weighted by molar-refractivity contribution is 6.35. The average molecular weight is 407 g/mol. The molecule has 0 radical (unpaired) electrons. The lowest BCUT2D eigenvalue weighted by Gasteiger charge is -2.21. The topological polar surface area (TPSA) is 45.5 Å². The van der Waals surface area contributed by atoms with Crippen LogP contribution in [-0.4, -0.2) is 23.8 Å². The van der Waals surface area contributed by atoms with Crippen LogP contribution in [0.5, 0.6) is 11.5 Å². The second-order valence-electron chi connectivity index (χ2n) is 5.91. The van der Waals surface area contributed by atoms with Crippen LogP contribution in [0.3, 0.4) is 0 Å². The molecule has 0 N–H and O–H groups in total. The quantitative estimate of drug-likeness (QED) is 0.517. The minimum Gasteiger partial charge on any atom is -0.493 e. The Morgan fingerprint density at radius 1 is 1.04 bits per heavy atom. The Labute approximate surface area is 168 Å². The Morgan fingerprint density at radius 3 is 2.52 bits per heavy atom. The van der Waals surface area contributed by atoms with Crippen LogP contribution in [0.25, 0.3) is 0 Å². The number of hydrogen-bond donors (Lipinski definition) is 0. The number of benzene rings is 2. The molecule has 0 aliphatic heterocycles. The fourth-order valence-corrected chi connectivity index (χ4v) is 3.19. The van der Waals surface area contributed by atoms with Crippen LogP contribution in [-0.2, 0) is 17.9 Å². The largest absolute Gasteiger partial charge is 0.493 e. The fraction of sp³-hybridized carbons (Fsp3) is 0.250. The maximum atomic E-state index is 6.27. The van der Waals surface area contributed by atoms with E-state index in [9.17, 15) is 0 Å². The van der Waals surface area contributed by atoms with Crippen LogP contribution in [0.1, 0.15) is 17.2 Å². The zero-order valence-electron chi connectivity index (χ0n) is 15.1. The Hall–Kier alpha value is -2.21. The van der Waals surface area contributed by atoms with E-state index in [0.717, 1.165) is 11.1 Å². The van der Waals surface area contributed by atoms with Crippen molar-refractivity contribution in [3.63, 3.8) is 0 Å². The number of halogens is 2. The van der Waals surface area contributed by atoms with Gasteiger partial charge >= 0.3 is 0 Å². The Balaban J connectivity index is 1.84. The van der Waals surface area contributed by atoms with Crippen LogP contribution in [0.4, 0.5) is 0 Å². The first-order valence-electron chi connectivity index (χ1n) is 8.34. The lowest BCUT2D eigenvalue weighted by Crippen LogP contribution is -2.12. The second kappa shape index (κ2) is 9.13. The van der Waals surface area contributed by atoms with Crippen LogP contribution in [0.2, 0.25) is 10.0 Å². The van der Waals surface area contributed by atoms with Crippen LogP contribution in [0.15, 0.2) is 55.1 Å². The minimum atomic E-state index is -0.231. The minimum absolute atomic E-state index is 0.231. The molecule has 0 amide bonds. The first-order chi connectivity index (χ1) is 13.1. The van der Waals surface area contributed by atoms with Crippen molar-refractivity contribution in [2.45, 2.75) is 19.3 Å². The van der Waals surface area contributed by atoms with E-state index in [1.165, 1.54) is 0 Å². The molecule has 3 rings (SSSR count). The van der Waals surface area contributed by atoms with Crippen molar-refractivity contribution < 1.29 is 14.2 Å². The first-order valence-corrected chi connectivity index (χ1v) is 9.09. The fourth-order valence-electron chi connectivity index (χ4n) is 2.72. The molecule has 3 aromatic rings. The molecule has 7 heteroatoms. The summed E-state index contributed by atoms with van der Waals surface area (Å²) in [5, 5.41) is 1.18. The SMILES string of the molecule is COc1ccc(C(Cn2ccnc2)OCc2ccc(Cl)cc2Cl)cc1OC. The van der Waals surface area contributed by atoms with Gasteiger partial charge in [-0.1, -0.05) is 35.3 Å². The summed E-state index contributed by atoms with van der Waals surface area (Å²) in [7, 11) is 3.22. The number of imidazole rings is 1. The number of hydrogen-bond acceptors (Lipinski definition) is 4. The van der Waals surface area contributed by atoms with Crippen LogP contribution >= 0.6 is 23.2 Å². The molecule has 27 heavy (non-hydrogen) atoms. The van der Waals surface area contributed by atoms with Crippen LogP contribution < -0.4 is 9.47 Å². The number of rotatable bonds is 8. The molecular formula is C20H20Cl2N2O3. The van der Waals surface area contributed by atoms with Crippen molar-refractivity contribution in [3.05, 3.63) is 76.3 Å². The van der Waals surface area contributed by atoms with E-state index in [4.69, 9.17) is 37.4 Å². The normalized spacial score (nSPS) is 12.0. The number of ether oxygens (including phenoxy) is 3. The lowest BCUT2D eigenvalue weighted by atomic mass is 10.1. The van der Waals surface area contributed by atoms with E-state index < -0.39 is 0 Å². The Kier molecular flexibility index (Phi) is 6.61. The molecule has 0 aliphatic carbocycles. The summed E-state index contributed by atoms with van der Waals surface area (Å²) >= 11 is 12.2. The van der Waals surface area contributed by atoms with Crippen LogP contribution in [0, 0.1) is 0 Å². The predicted molar refractivity (Wildman–Crippen MR) is 106 cm³/mol. The van der Waals surface area contributed by atoms with Crippen molar-refractivity contribution in [3.8, 4) is 11.5 Å². The molecule has 5 nitrogen and oxygen atoms in total. The van der Waals surface area contributed by atoms with Gasteiger partial charge in [0.25, 0.3) is 0 Å². The summed E-state index contributed by atoms with van der Waals surface area (Å²) in [4.78, 5) is 4.10. The highest BCUT2D eigenvalue weighted by Gasteiger charge is 2.17. The summed E-state index contributed by atoms with van der Waals surface area (Å²) in [5.41, 5.74) is 1.84. The summed E-state index contributed by atoms with van der Waals surface area (Å²) < 4.78 is 18.9. The summed E-state index contributed by atoms with van der Waals surface area (Å²) in [6.45, 7) is 0.949. The molecule has 1 heterocycles. The van der Waals surface area contributed by atoms with Crippen molar-refractivity contribution in [2.24, 2.45) is 0 Å². The molecule has 0 spiro atoms. The van der Waals surface area contributed by atoms with E-state index in [1.807, 2.05) is 35.0 Å². The molecule has 0 saturated heterocycles. The monoisotopic (exact) mass is 406 g/mol. The van der Waals surface area contributed by atoms with Crippen molar-refractivity contribution in [2.75, 3.05) is 14.2 Å². The van der Waals surface area contributed by atoms with Gasteiger partial charge in [-0.05, 0) is 35.4 Å². The molecule has 2 aromatic carbocycles. The smallest absolute Gasteiger partial charge is 0.161 e. The molecule has 0 fully saturated rings. The Bertz CT molecular complexity index is 885. The third-order valence-electron chi connectivity index (χ3n) is 4.17. The number of nitrogens with zero attached hydrogens (tertiary/aromatic N) is 2. The zero-order chi connectivity index (χ0) is 19.2. The summed E-state index contributed by atoms with van der Waals surface area (Å²) in [6, 6.07) is 11.1. The highest BCUT2D eigenvalue weighted by Crippen LogP contribution is 2.32. The molecule has 0 bridgehead atoms. The van der Waals surface area contributed by atoms with E-state index in [-0.39, 0.29) is 6.10 Å². The van der Waals surface area contributed by atoms with Gasteiger partial charge in [0.2, 0.25) is 0 Å². The third-order valence-corrected chi connectivity index (χ3v) is 4.76. The van der Waals surface area contributed by atoms with E-state index in [2.05, 4.69) is 4.98 Å². The van der Waals surface area contributed by atoms with Gasteiger partial charge in [-0.2, -0.15) is 0 Å². The molecule has 0 saturated carbocycles. The van der Waals surface area contributed by atoms with Gasteiger partial charge in [0.1, 0.15) is 6.10 Å². The lowest BCUT2D eigenvalue weighted by molar-refractivity contribution is 0.0278. The van der Waals surface area contributed by atoms with Crippen molar-refractivity contribution in [1.29, 1.82) is 0 Å². The zero-order valence-corrected chi connectivity index (χ0v) is 16.6. The second-order valence-corrected chi connectivity index (χ2v) is 6.75. The van der Waals surface area contributed by atoms with Gasteiger partial charge in [0.15, 0.2) is 11.5 Å². The van der Waals surface area contributed by atoms with E-state index in [1.54, 1.807) is 38.9 Å². The van der Waals surface area contributed by atoms with Gasteiger partial charge in [-0.15, -0.1) is 0 Å². The molecule has 1 unspecified atom stereocenters. The summed E-state index contributed by atoms with van der Waals surface area (Å²) in [6.07, 6.45) is 5.16. The van der Waals surface area contributed by atoms with Gasteiger partial charge in [0.05, 0.1) is 33.7 Å². The van der Waals surface area contributed by atoms with Gasteiger partial charge in [-0.3, -0.25) is 0 Å². The summed E-state index contributed by atoms with van der Waals surface area (Å²) in [5.74, 6) is 1.32. The predicted octanol–water partition coefficient (Wildman–Crippen LogP) is 5.17. The Morgan fingerprint density at radius 2 is 1.85 bits per heavy atom. The highest BCUT2D eigenvalue weighted by atomic mass is 35.5. The molecular weight excluding hydrogens is 387 g/mol. The average Bonchev–Trinajstić information content (AvgIpc) is 3.19. The third kappa shape index (κ3) is 4.95. The molecule has 0 aliphatic rings. The number of methoxy groups -OCH3 is 2. The van der Waals surface area contributed by atoms with Crippen molar-refractivity contribution in [1.82, 2.24) is 9.55 Å². The molecule has 142 valence electrons. The first kappa shape index (κ1) is 19.5. The molecule has 1 aromatic heterocycles. The van der Waals surface area contributed by atoms with Crippen molar-refractivity contribution >= 4 is 23.2 Å². The molecule has 1 atom stereocenters.